The van der Waals surface area contributed by atoms with Crippen LogP contribution >= 0.6 is 0 Å². The molecule has 21 heavy (non-hydrogen) atoms. The summed E-state index contributed by atoms with van der Waals surface area (Å²) in [6.07, 6.45) is -1.08. The number of aliphatic hydroxyl groups excluding tert-OH is 1. The summed E-state index contributed by atoms with van der Waals surface area (Å²) in [5, 5.41) is 19.6. The minimum absolute atomic E-state index is 0.0488. The van der Waals surface area contributed by atoms with Crippen molar-refractivity contribution in [2.24, 2.45) is 0 Å². The Morgan fingerprint density at radius 1 is 1.05 bits per heavy atom. The van der Waals surface area contributed by atoms with Crippen LogP contribution in [0.4, 0.5) is 0 Å². The molecule has 1 unspecified atom stereocenters. The third-order valence-corrected chi connectivity index (χ3v) is 3.34. The molecule has 6 heteroatoms. The van der Waals surface area contributed by atoms with Crippen molar-refractivity contribution >= 4 is 17.0 Å². The van der Waals surface area contributed by atoms with E-state index in [1.54, 1.807) is 36.4 Å². The number of hydrogen-bond donors (Lipinski definition) is 4. The lowest BCUT2D eigenvalue weighted by atomic mass is 9.96. The normalized spacial score (nSPS) is 12.4. The Morgan fingerprint density at radius 3 is 2.52 bits per heavy atom. The van der Waals surface area contributed by atoms with E-state index in [2.05, 4.69) is 9.97 Å². The number of carboxylic acids is 1. The first-order valence-corrected chi connectivity index (χ1v) is 6.28. The van der Waals surface area contributed by atoms with Gasteiger partial charge in [0.1, 0.15) is 6.10 Å². The second-order valence-electron chi connectivity index (χ2n) is 4.68. The molecule has 4 N–H and O–H groups in total. The molecular formula is C15H12N2O4. The van der Waals surface area contributed by atoms with Gasteiger partial charge in [0.2, 0.25) is 0 Å². The van der Waals surface area contributed by atoms with Crippen LogP contribution in [-0.2, 0) is 0 Å². The zero-order chi connectivity index (χ0) is 15.0. The highest BCUT2D eigenvalue weighted by atomic mass is 16.4. The minimum Gasteiger partial charge on any atom is -0.478 e. The van der Waals surface area contributed by atoms with Crippen molar-refractivity contribution in [2.75, 3.05) is 0 Å². The summed E-state index contributed by atoms with van der Waals surface area (Å²) >= 11 is 0. The topological polar surface area (TPSA) is 106 Å². The lowest BCUT2D eigenvalue weighted by Crippen LogP contribution is -2.08. The summed E-state index contributed by atoms with van der Waals surface area (Å²) in [7, 11) is 0. The van der Waals surface area contributed by atoms with Crippen LogP contribution in [0.5, 0.6) is 0 Å². The second kappa shape index (κ2) is 4.92. The predicted octanol–water partition coefficient (Wildman–Crippen LogP) is 1.64. The number of carbonyl (C=O) groups is 1. The van der Waals surface area contributed by atoms with Crippen LogP contribution in [-0.4, -0.2) is 26.2 Å². The molecule has 0 radical (unpaired) electrons. The Labute approximate surface area is 118 Å². The highest BCUT2D eigenvalue weighted by Gasteiger charge is 2.18. The Bertz CT molecular complexity index is 879. The van der Waals surface area contributed by atoms with Gasteiger partial charge in [-0.1, -0.05) is 24.3 Å². The molecule has 0 aliphatic rings. The number of benzene rings is 2. The summed E-state index contributed by atoms with van der Waals surface area (Å²) in [4.78, 5) is 27.7. The van der Waals surface area contributed by atoms with Crippen LogP contribution < -0.4 is 5.69 Å². The maximum Gasteiger partial charge on any atom is 0.336 e. The van der Waals surface area contributed by atoms with Gasteiger partial charge >= 0.3 is 11.7 Å². The lowest BCUT2D eigenvalue weighted by molar-refractivity contribution is 0.0691. The molecule has 0 bridgehead atoms. The second-order valence-corrected chi connectivity index (χ2v) is 4.68. The fourth-order valence-corrected chi connectivity index (χ4v) is 2.33. The molecule has 0 saturated carbocycles. The summed E-state index contributed by atoms with van der Waals surface area (Å²) < 4.78 is 0. The van der Waals surface area contributed by atoms with Gasteiger partial charge in [-0.15, -0.1) is 0 Å². The molecule has 1 aromatic heterocycles. The summed E-state index contributed by atoms with van der Waals surface area (Å²) in [5.74, 6) is -1.10. The van der Waals surface area contributed by atoms with Gasteiger partial charge in [0, 0.05) is 0 Å². The molecule has 0 spiro atoms. The number of rotatable bonds is 3. The number of aromatic carboxylic acids is 1. The van der Waals surface area contributed by atoms with E-state index in [1.165, 1.54) is 6.07 Å². The molecule has 0 aliphatic heterocycles. The van der Waals surface area contributed by atoms with E-state index in [0.717, 1.165) is 0 Å². The number of hydrogen-bond acceptors (Lipinski definition) is 3. The predicted molar refractivity (Wildman–Crippen MR) is 76.4 cm³/mol. The molecule has 3 aromatic rings. The molecular weight excluding hydrogens is 272 g/mol. The number of aliphatic hydroxyl groups is 1. The molecule has 6 nitrogen and oxygen atoms in total. The zero-order valence-corrected chi connectivity index (χ0v) is 10.8. The van der Waals surface area contributed by atoms with Crippen LogP contribution in [0.15, 0.2) is 47.3 Å². The molecule has 0 saturated heterocycles. The van der Waals surface area contributed by atoms with Gasteiger partial charge in [0.05, 0.1) is 16.6 Å². The highest BCUT2D eigenvalue weighted by Crippen LogP contribution is 2.26. The van der Waals surface area contributed by atoms with E-state index >= 15 is 0 Å². The van der Waals surface area contributed by atoms with Gasteiger partial charge in [0.15, 0.2) is 0 Å². The molecule has 106 valence electrons. The van der Waals surface area contributed by atoms with Crippen LogP contribution in [0.1, 0.15) is 27.6 Å². The van der Waals surface area contributed by atoms with Crippen molar-refractivity contribution in [3.63, 3.8) is 0 Å². The Hall–Kier alpha value is -2.86. The van der Waals surface area contributed by atoms with Crippen molar-refractivity contribution in [3.8, 4) is 0 Å². The molecule has 0 aliphatic carbocycles. The number of fused-ring (bicyclic) bond motifs is 1. The monoisotopic (exact) mass is 284 g/mol. The molecule has 0 amide bonds. The maximum atomic E-state index is 11.2. The lowest BCUT2D eigenvalue weighted by Gasteiger charge is -2.14. The average Bonchev–Trinajstić information content (AvgIpc) is 2.85. The Balaban J connectivity index is 2.09. The fraction of sp³-hybridized carbons (Fsp3) is 0.0667. The van der Waals surface area contributed by atoms with Gasteiger partial charge in [-0.3, -0.25) is 0 Å². The van der Waals surface area contributed by atoms with Gasteiger partial charge < -0.3 is 20.2 Å². The minimum atomic E-state index is -1.10. The van der Waals surface area contributed by atoms with E-state index in [9.17, 15) is 19.8 Å². The van der Waals surface area contributed by atoms with Crippen molar-refractivity contribution in [3.05, 3.63) is 69.6 Å². The van der Waals surface area contributed by atoms with Crippen LogP contribution in [0.3, 0.4) is 0 Å². The largest absolute Gasteiger partial charge is 0.478 e. The number of nitrogens with one attached hydrogen (secondary N) is 2. The smallest absolute Gasteiger partial charge is 0.336 e. The number of aromatic amines is 2. The van der Waals surface area contributed by atoms with Crippen LogP contribution in [0, 0.1) is 0 Å². The number of H-pyrrole nitrogens is 2. The third-order valence-electron chi connectivity index (χ3n) is 3.34. The molecule has 2 aromatic carbocycles. The van der Waals surface area contributed by atoms with E-state index in [1.807, 2.05) is 0 Å². The van der Waals surface area contributed by atoms with E-state index in [0.29, 0.717) is 22.2 Å². The molecule has 0 fully saturated rings. The first-order valence-electron chi connectivity index (χ1n) is 6.28. The summed E-state index contributed by atoms with van der Waals surface area (Å²) in [6.45, 7) is 0. The standard InChI is InChI=1S/C15H12N2O4/c18-13(9-3-1-2-4-10(9)14(19)20)8-5-6-11-12(7-8)17-15(21)16-11/h1-7,13,18H,(H,19,20)(H2,16,17,21). The SMILES string of the molecule is O=C(O)c1ccccc1C(O)c1ccc2[nH]c(=O)[nH]c2c1. The van der Waals surface area contributed by atoms with Crippen LogP contribution in [0.25, 0.3) is 11.0 Å². The Kier molecular flexibility index (Phi) is 3.08. The first-order chi connectivity index (χ1) is 10.1. The summed E-state index contributed by atoms with van der Waals surface area (Å²) in [6, 6.07) is 11.2. The van der Waals surface area contributed by atoms with Crippen molar-refractivity contribution in [1.82, 2.24) is 9.97 Å². The van der Waals surface area contributed by atoms with Gasteiger partial charge in [-0.25, -0.2) is 9.59 Å². The fourth-order valence-electron chi connectivity index (χ4n) is 2.33. The number of carboxylic acid groups (broad SMARTS) is 1. The van der Waals surface area contributed by atoms with Crippen molar-refractivity contribution in [1.29, 1.82) is 0 Å². The van der Waals surface area contributed by atoms with E-state index < -0.39 is 12.1 Å². The van der Waals surface area contributed by atoms with Gasteiger partial charge in [0.25, 0.3) is 0 Å². The molecule has 1 atom stereocenters. The van der Waals surface area contributed by atoms with E-state index in [4.69, 9.17) is 0 Å². The average molecular weight is 284 g/mol. The number of aromatic nitrogens is 2. The first kappa shape index (κ1) is 13.1. The number of imidazole rings is 1. The maximum absolute atomic E-state index is 11.2. The van der Waals surface area contributed by atoms with Crippen molar-refractivity contribution in [2.45, 2.75) is 6.10 Å². The Morgan fingerprint density at radius 2 is 1.76 bits per heavy atom. The van der Waals surface area contributed by atoms with Gasteiger partial charge in [-0.2, -0.15) is 0 Å². The van der Waals surface area contributed by atoms with E-state index in [-0.39, 0.29) is 11.3 Å². The highest BCUT2D eigenvalue weighted by molar-refractivity contribution is 5.89. The zero-order valence-electron chi connectivity index (χ0n) is 10.8. The summed E-state index contributed by atoms with van der Waals surface area (Å²) in [5.41, 5.74) is 1.72. The van der Waals surface area contributed by atoms with Crippen LogP contribution in [0.2, 0.25) is 0 Å². The van der Waals surface area contributed by atoms with Gasteiger partial charge in [-0.05, 0) is 29.3 Å². The molecule has 1 heterocycles. The van der Waals surface area contributed by atoms with Crippen molar-refractivity contribution < 1.29 is 15.0 Å². The quantitative estimate of drug-likeness (QED) is 0.586. The third kappa shape index (κ3) is 2.32. The molecule has 3 rings (SSSR count).